The van der Waals surface area contributed by atoms with Crippen LogP contribution in [0.5, 0.6) is 0 Å². The maximum absolute atomic E-state index is 11.7. The summed E-state index contributed by atoms with van der Waals surface area (Å²) < 4.78 is 0. The highest BCUT2D eigenvalue weighted by Crippen LogP contribution is 2.31. The zero-order valence-corrected chi connectivity index (χ0v) is 8.65. The molecule has 2 rings (SSSR count). The number of amides is 1. The van der Waals surface area contributed by atoms with Crippen molar-refractivity contribution in [3.63, 3.8) is 0 Å². The van der Waals surface area contributed by atoms with E-state index in [0.717, 1.165) is 39.0 Å². The number of aliphatic hydroxyl groups excluding tert-OH is 1. The molecule has 1 N–H and O–H groups in total. The molecule has 0 aromatic carbocycles. The maximum Gasteiger partial charge on any atom is 0.225 e. The van der Waals surface area contributed by atoms with Crippen LogP contribution >= 0.6 is 0 Å². The Morgan fingerprint density at radius 2 is 1.86 bits per heavy atom. The molecule has 80 valence electrons. The predicted octanol–water partition coefficient (Wildman–Crippen LogP) is -0.121. The smallest absolute Gasteiger partial charge is 0.225 e. The van der Waals surface area contributed by atoms with Crippen LogP contribution in [0, 0.1) is 5.92 Å². The minimum absolute atomic E-state index is 0.327. The van der Waals surface area contributed by atoms with Gasteiger partial charge in [0.15, 0.2) is 0 Å². The molecule has 0 spiro atoms. The molecule has 1 aliphatic heterocycles. The van der Waals surface area contributed by atoms with Gasteiger partial charge in [-0.05, 0) is 19.8 Å². The topological polar surface area (TPSA) is 43.8 Å². The monoisotopic (exact) mass is 198 g/mol. The van der Waals surface area contributed by atoms with Gasteiger partial charge in [-0.25, -0.2) is 0 Å². The van der Waals surface area contributed by atoms with Crippen molar-refractivity contribution in [1.82, 2.24) is 9.80 Å². The summed E-state index contributed by atoms with van der Waals surface area (Å²) >= 11 is 0. The number of piperazine rings is 1. The molecular weight excluding hydrogens is 180 g/mol. The Morgan fingerprint density at radius 3 is 2.29 bits per heavy atom. The Labute approximate surface area is 84.5 Å². The Morgan fingerprint density at radius 1 is 1.29 bits per heavy atom. The molecule has 2 fully saturated rings. The molecule has 1 amide bonds. The fraction of sp³-hybridized carbons (Fsp3) is 0.900. The zero-order valence-electron chi connectivity index (χ0n) is 8.65. The normalized spacial score (nSPS) is 26.3. The minimum atomic E-state index is -0.381. The van der Waals surface area contributed by atoms with E-state index in [4.69, 9.17) is 0 Å². The van der Waals surface area contributed by atoms with Crippen molar-refractivity contribution in [2.45, 2.75) is 26.0 Å². The van der Waals surface area contributed by atoms with Crippen molar-refractivity contribution < 1.29 is 9.90 Å². The van der Waals surface area contributed by atoms with Crippen molar-refractivity contribution in [2.24, 2.45) is 5.92 Å². The maximum atomic E-state index is 11.7. The average Bonchev–Trinajstić information content (AvgIpc) is 3.00. The van der Waals surface area contributed by atoms with Gasteiger partial charge in [-0.3, -0.25) is 9.69 Å². The number of carbonyl (C=O) groups is 1. The van der Waals surface area contributed by atoms with Crippen molar-refractivity contribution in [3.8, 4) is 0 Å². The van der Waals surface area contributed by atoms with E-state index in [2.05, 4.69) is 0 Å². The van der Waals surface area contributed by atoms with E-state index in [1.165, 1.54) is 0 Å². The van der Waals surface area contributed by atoms with E-state index < -0.39 is 0 Å². The first-order chi connectivity index (χ1) is 6.68. The zero-order chi connectivity index (χ0) is 10.1. The van der Waals surface area contributed by atoms with Crippen LogP contribution in [0.25, 0.3) is 0 Å². The number of hydrogen-bond acceptors (Lipinski definition) is 3. The minimum Gasteiger partial charge on any atom is -0.379 e. The van der Waals surface area contributed by atoms with E-state index in [-0.39, 0.29) is 6.23 Å². The summed E-state index contributed by atoms with van der Waals surface area (Å²) in [7, 11) is 0. The van der Waals surface area contributed by atoms with E-state index in [1.807, 2.05) is 9.80 Å². The van der Waals surface area contributed by atoms with Crippen LogP contribution in [0.4, 0.5) is 0 Å². The van der Waals surface area contributed by atoms with Gasteiger partial charge in [0.1, 0.15) is 6.23 Å². The first-order valence-corrected chi connectivity index (χ1v) is 5.39. The Hall–Kier alpha value is -0.610. The van der Waals surface area contributed by atoms with Gasteiger partial charge in [0.2, 0.25) is 5.91 Å². The summed E-state index contributed by atoms with van der Waals surface area (Å²) in [6.07, 6.45) is 1.78. The van der Waals surface area contributed by atoms with Gasteiger partial charge in [-0.15, -0.1) is 0 Å². The van der Waals surface area contributed by atoms with Gasteiger partial charge in [-0.1, -0.05) is 0 Å². The van der Waals surface area contributed by atoms with Crippen molar-refractivity contribution in [1.29, 1.82) is 0 Å². The van der Waals surface area contributed by atoms with Crippen molar-refractivity contribution in [3.05, 3.63) is 0 Å². The van der Waals surface area contributed by atoms with Crippen LogP contribution in [0.1, 0.15) is 19.8 Å². The third kappa shape index (κ3) is 2.07. The Balaban J connectivity index is 1.80. The number of carbonyl (C=O) groups excluding carboxylic acids is 1. The largest absolute Gasteiger partial charge is 0.379 e. The van der Waals surface area contributed by atoms with Crippen LogP contribution in [-0.2, 0) is 4.79 Å². The van der Waals surface area contributed by atoms with Gasteiger partial charge in [0.25, 0.3) is 0 Å². The van der Waals surface area contributed by atoms with Gasteiger partial charge < -0.3 is 10.0 Å². The summed E-state index contributed by atoms with van der Waals surface area (Å²) in [5, 5.41) is 9.35. The summed E-state index contributed by atoms with van der Waals surface area (Å²) in [4.78, 5) is 15.6. The SMILES string of the molecule is CC(O)N1CCN(C(=O)C2CC2)CC1. The molecular formula is C10H18N2O2. The van der Waals surface area contributed by atoms with Gasteiger partial charge in [0, 0.05) is 32.1 Å². The lowest BCUT2D eigenvalue weighted by Crippen LogP contribution is -2.51. The highest BCUT2D eigenvalue weighted by Gasteiger charge is 2.34. The van der Waals surface area contributed by atoms with Gasteiger partial charge in [0.05, 0.1) is 0 Å². The van der Waals surface area contributed by atoms with Gasteiger partial charge in [-0.2, -0.15) is 0 Å². The fourth-order valence-corrected chi connectivity index (χ4v) is 1.90. The molecule has 2 aliphatic rings. The molecule has 1 saturated heterocycles. The molecule has 1 aliphatic carbocycles. The van der Waals surface area contributed by atoms with Crippen LogP contribution in [0.15, 0.2) is 0 Å². The van der Waals surface area contributed by atoms with Crippen molar-refractivity contribution in [2.75, 3.05) is 26.2 Å². The average molecular weight is 198 g/mol. The van der Waals surface area contributed by atoms with Gasteiger partial charge >= 0.3 is 0 Å². The number of rotatable bonds is 2. The molecule has 4 nitrogen and oxygen atoms in total. The molecule has 1 heterocycles. The lowest BCUT2D eigenvalue weighted by atomic mass is 10.2. The second-order valence-electron chi connectivity index (χ2n) is 4.27. The molecule has 0 aromatic rings. The quantitative estimate of drug-likeness (QED) is 0.672. The predicted molar refractivity (Wildman–Crippen MR) is 52.6 cm³/mol. The molecule has 1 unspecified atom stereocenters. The second kappa shape index (κ2) is 3.87. The second-order valence-corrected chi connectivity index (χ2v) is 4.27. The van der Waals surface area contributed by atoms with Crippen LogP contribution in [0.2, 0.25) is 0 Å². The highest BCUT2D eigenvalue weighted by molar-refractivity contribution is 5.81. The van der Waals surface area contributed by atoms with Crippen molar-refractivity contribution >= 4 is 5.91 Å². The summed E-state index contributed by atoms with van der Waals surface area (Å²) in [6, 6.07) is 0. The number of hydrogen-bond donors (Lipinski definition) is 1. The number of aliphatic hydroxyl groups is 1. The molecule has 14 heavy (non-hydrogen) atoms. The van der Waals surface area contributed by atoms with E-state index in [0.29, 0.717) is 11.8 Å². The lowest BCUT2D eigenvalue weighted by Gasteiger charge is -2.36. The molecule has 0 radical (unpaired) electrons. The summed E-state index contributed by atoms with van der Waals surface area (Å²) in [5.74, 6) is 0.656. The third-order valence-corrected chi connectivity index (χ3v) is 3.08. The summed E-state index contributed by atoms with van der Waals surface area (Å²) in [5.41, 5.74) is 0. The Kier molecular flexibility index (Phi) is 2.74. The fourth-order valence-electron chi connectivity index (χ4n) is 1.90. The van der Waals surface area contributed by atoms with Crippen LogP contribution < -0.4 is 0 Å². The third-order valence-electron chi connectivity index (χ3n) is 3.08. The lowest BCUT2D eigenvalue weighted by molar-refractivity contribution is -0.135. The summed E-state index contributed by atoms with van der Waals surface area (Å²) in [6.45, 7) is 4.94. The van der Waals surface area contributed by atoms with E-state index in [1.54, 1.807) is 6.92 Å². The molecule has 1 atom stereocenters. The first kappa shape index (κ1) is 9.93. The van der Waals surface area contributed by atoms with E-state index in [9.17, 15) is 9.90 Å². The molecule has 4 heteroatoms. The Bertz CT molecular complexity index is 218. The molecule has 1 saturated carbocycles. The first-order valence-electron chi connectivity index (χ1n) is 5.39. The molecule has 0 bridgehead atoms. The number of nitrogens with zero attached hydrogens (tertiary/aromatic N) is 2. The van der Waals surface area contributed by atoms with E-state index >= 15 is 0 Å². The highest BCUT2D eigenvalue weighted by atomic mass is 16.3. The van der Waals surface area contributed by atoms with Crippen LogP contribution in [0.3, 0.4) is 0 Å². The van der Waals surface area contributed by atoms with Crippen LogP contribution in [-0.4, -0.2) is 53.2 Å². The molecule has 0 aromatic heterocycles. The standard InChI is InChI=1S/C10H18N2O2/c1-8(13)11-4-6-12(7-5-11)10(14)9-2-3-9/h8-9,13H,2-7H2,1H3.